The monoisotopic (exact) mass is 254 g/mol. The van der Waals surface area contributed by atoms with E-state index >= 15 is 0 Å². The number of anilines is 1. The number of ether oxygens (including phenoxy) is 2. The molecule has 1 atom stereocenters. The molecule has 0 bridgehead atoms. The number of methoxy groups -OCH3 is 2. The van der Waals surface area contributed by atoms with Crippen molar-refractivity contribution in [3.63, 3.8) is 0 Å². The van der Waals surface area contributed by atoms with E-state index in [2.05, 4.69) is 9.88 Å². The number of aliphatic hydroxyl groups is 1. The lowest BCUT2D eigenvalue weighted by Gasteiger charge is -2.23. The molecule has 102 valence electrons. The van der Waals surface area contributed by atoms with E-state index in [0.717, 1.165) is 24.5 Å². The average Bonchev–Trinajstić information content (AvgIpc) is 2.39. The maximum absolute atomic E-state index is 9.59. The third-order valence-corrected chi connectivity index (χ3v) is 2.71. The lowest BCUT2D eigenvalue weighted by atomic mass is 10.1. The van der Waals surface area contributed by atoms with Gasteiger partial charge in [-0.15, -0.1) is 0 Å². The third kappa shape index (κ3) is 4.60. The molecule has 18 heavy (non-hydrogen) atoms. The summed E-state index contributed by atoms with van der Waals surface area (Å²) in [4.78, 5) is 6.41. The zero-order chi connectivity index (χ0) is 13.4. The van der Waals surface area contributed by atoms with Gasteiger partial charge in [-0.1, -0.05) is 0 Å². The van der Waals surface area contributed by atoms with Crippen molar-refractivity contribution in [2.24, 2.45) is 0 Å². The van der Waals surface area contributed by atoms with Crippen LogP contribution in [0.4, 0.5) is 5.82 Å². The van der Waals surface area contributed by atoms with Crippen molar-refractivity contribution < 1.29 is 14.6 Å². The van der Waals surface area contributed by atoms with Crippen LogP contribution in [0.2, 0.25) is 0 Å². The average molecular weight is 254 g/mol. The van der Waals surface area contributed by atoms with E-state index in [9.17, 15) is 5.11 Å². The summed E-state index contributed by atoms with van der Waals surface area (Å²) < 4.78 is 10.2. The molecule has 0 aliphatic rings. The molecule has 0 amide bonds. The van der Waals surface area contributed by atoms with E-state index in [-0.39, 0.29) is 0 Å². The Balaban J connectivity index is 2.78. The zero-order valence-corrected chi connectivity index (χ0v) is 11.3. The molecule has 0 fully saturated rings. The number of pyridine rings is 1. The largest absolute Gasteiger partial charge is 0.389 e. The summed E-state index contributed by atoms with van der Waals surface area (Å²) in [5.74, 6) is 0.836. The SMILES string of the molecule is COCCN(CCOC)c1cc([C@@H](C)O)ccn1. The summed E-state index contributed by atoms with van der Waals surface area (Å²) in [6.07, 6.45) is 1.22. The van der Waals surface area contributed by atoms with Gasteiger partial charge in [0.2, 0.25) is 0 Å². The number of aliphatic hydroxyl groups excluding tert-OH is 1. The second-order valence-corrected chi connectivity index (χ2v) is 4.10. The molecular weight excluding hydrogens is 232 g/mol. The molecule has 0 aromatic carbocycles. The molecule has 0 saturated carbocycles. The predicted molar refractivity (Wildman–Crippen MR) is 70.8 cm³/mol. The predicted octanol–water partition coefficient (Wildman–Crippen LogP) is 1.23. The standard InChI is InChI=1S/C13H22N2O3/c1-11(16)12-4-5-14-13(10-12)15(6-8-17-2)7-9-18-3/h4-5,10-11,16H,6-9H2,1-3H3/t11-/m1/s1. The van der Waals surface area contributed by atoms with Crippen LogP contribution in [-0.4, -0.2) is 50.6 Å². The van der Waals surface area contributed by atoms with Gasteiger partial charge in [0, 0.05) is 33.5 Å². The molecule has 0 spiro atoms. The Morgan fingerprint density at radius 2 is 1.89 bits per heavy atom. The van der Waals surface area contributed by atoms with E-state index in [1.165, 1.54) is 0 Å². The minimum atomic E-state index is -0.488. The number of rotatable bonds is 8. The lowest BCUT2D eigenvalue weighted by molar-refractivity contribution is 0.189. The topological polar surface area (TPSA) is 54.8 Å². The van der Waals surface area contributed by atoms with Gasteiger partial charge in [-0.2, -0.15) is 0 Å². The molecule has 0 aliphatic carbocycles. The van der Waals surface area contributed by atoms with Crippen LogP contribution in [0.25, 0.3) is 0 Å². The quantitative estimate of drug-likeness (QED) is 0.756. The molecule has 5 heteroatoms. The van der Waals surface area contributed by atoms with Crippen molar-refractivity contribution >= 4 is 5.82 Å². The van der Waals surface area contributed by atoms with E-state index in [1.807, 2.05) is 12.1 Å². The third-order valence-electron chi connectivity index (χ3n) is 2.71. The van der Waals surface area contributed by atoms with Gasteiger partial charge in [0.15, 0.2) is 0 Å². The summed E-state index contributed by atoms with van der Waals surface area (Å²) in [5, 5.41) is 9.59. The van der Waals surface area contributed by atoms with Crippen molar-refractivity contribution in [1.29, 1.82) is 0 Å². The van der Waals surface area contributed by atoms with Crippen LogP contribution in [0.15, 0.2) is 18.3 Å². The highest BCUT2D eigenvalue weighted by Gasteiger charge is 2.09. The Morgan fingerprint density at radius 1 is 1.28 bits per heavy atom. The first-order chi connectivity index (χ1) is 8.69. The minimum absolute atomic E-state index is 0.488. The smallest absolute Gasteiger partial charge is 0.128 e. The zero-order valence-electron chi connectivity index (χ0n) is 11.3. The molecule has 0 saturated heterocycles. The number of hydrogen-bond acceptors (Lipinski definition) is 5. The summed E-state index contributed by atoms with van der Waals surface area (Å²) in [6, 6.07) is 3.72. The first-order valence-corrected chi connectivity index (χ1v) is 6.06. The van der Waals surface area contributed by atoms with Gasteiger partial charge in [0.1, 0.15) is 5.82 Å². The second kappa shape index (κ2) is 8.02. The summed E-state index contributed by atoms with van der Waals surface area (Å²) in [5.41, 5.74) is 0.861. The molecular formula is C13H22N2O3. The van der Waals surface area contributed by atoms with Gasteiger partial charge >= 0.3 is 0 Å². The van der Waals surface area contributed by atoms with Crippen LogP contribution in [0.3, 0.4) is 0 Å². The number of aromatic nitrogens is 1. The van der Waals surface area contributed by atoms with E-state index < -0.39 is 6.10 Å². The lowest BCUT2D eigenvalue weighted by Crippen LogP contribution is -2.31. The van der Waals surface area contributed by atoms with Crippen molar-refractivity contribution in [3.05, 3.63) is 23.9 Å². The van der Waals surface area contributed by atoms with E-state index in [1.54, 1.807) is 27.3 Å². The highest BCUT2D eigenvalue weighted by molar-refractivity contribution is 5.41. The fraction of sp³-hybridized carbons (Fsp3) is 0.615. The number of hydrogen-bond donors (Lipinski definition) is 1. The van der Waals surface area contributed by atoms with Crippen LogP contribution in [0.5, 0.6) is 0 Å². The number of nitrogens with zero attached hydrogens (tertiary/aromatic N) is 2. The first-order valence-electron chi connectivity index (χ1n) is 6.06. The molecule has 0 aliphatic heterocycles. The maximum Gasteiger partial charge on any atom is 0.128 e. The molecule has 0 radical (unpaired) electrons. The Kier molecular flexibility index (Phi) is 6.64. The van der Waals surface area contributed by atoms with Crippen LogP contribution in [0.1, 0.15) is 18.6 Å². The molecule has 1 rings (SSSR count). The van der Waals surface area contributed by atoms with Crippen LogP contribution in [-0.2, 0) is 9.47 Å². The van der Waals surface area contributed by atoms with Gasteiger partial charge in [-0.3, -0.25) is 0 Å². The van der Waals surface area contributed by atoms with E-state index in [4.69, 9.17) is 9.47 Å². The summed E-state index contributed by atoms with van der Waals surface area (Å²) in [7, 11) is 3.35. The van der Waals surface area contributed by atoms with Crippen molar-refractivity contribution in [2.45, 2.75) is 13.0 Å². The van der Waals surface area contributed by atoms with Crippen molar-refractivity contribution in [1.82, 2.24) is 4.98 Å². The molecule has 1 aromatic rings. The van der Waals surface area contributed by atoms with Crippen LogP contribution >= 0.6 is 0 Å². The van der Waals surface area contributed by atoms with Crippen molar-refractivity contribution in [3.8, 4) is 0 Å². The molecule has 1 heterocycles. The Labute approximate surface area is 108 Å². The fourth-order valence-corrected chi connectivity index (χ4v) is 1.61. The summed E-state index contributed by atoms with van der Waals surface area (Å²) in [6.45, 7) is 4.49. The summed E-state index contributed by atoms with van der Waals surface area (Å²) >= 11 is 0. The Hall–Kier alpha value is -1.17. The molecule has 0 unspecified atom stereocenters. The normalized spacial score (nSPS) is 12.4. The van der Waals surface area contributed by atoms with Crippen LogP contribution in [0, 0.1) is 0 Å². The van der Waals surface area contributed by atoms with E-state index in [0.29, 0.717) is 13.2 Å². The molecule has 1 aromatic heterocycles. The highest BCUT2D eigenvalue weighted by Crippen LogP contribution is 2.17. The molecule has 1 N–H and O–H groups in total. The Morgan fingerprint density at radius 3 is 2.39 bits per heavy atom. The van der Waals surface area contributed by atoms with Gasteiger partial charge < -0.3 is 19.5 Å². The van der Waals surface area contributed by atoms with Crippen LogP contribution < -0.4 is 4.90 Å². The van der Waals surface area contributed by atoms with Gasteiger partial charge in [-0.25, -0.2) is 4.98 Å². The van der Waals surface area contributed by atoms with Gasteiger partial charge in [-0.05, 0) is 24.6 Å². The molecule has 5 nitrogen and oxygen atoms in total. The highest BCUT2D eigenvalue weighted by atomic mass is 16.5. The first kappa shape index (κ1) is 14.9. The van der Waals surface area contributed by atoms with Gasteiger partial charge in [0.25, 0.3) is 0 Å². The maximum atomic E-state index is 9.59. The second-order valence-electron chi connectivity index (χ2n) is 4.10. The Bertz CT molecular complexity index is 337. The fourth-order valence-electron chi connectivity index (χ4n) is 1.61. The van der Waals surface area contributed by atoms with Gasteiger partial charge in [0.05, 0.1) is 19.3 Å². The minimum Gasteiger partial charge on any atom is -0.389 e. The van der Waals surface area contributed by atoms with Crippen molar-refractivity contribution in [2.75, 3.05) is 45.4 Å².